The third-order valence-electron chi connectivity index (χ3n) is 3.45. The highest BCUT2D eigenvalue weighted by Crippen LogP contribution is 2.19. The second-order valence-electron chi connectivity index (χ2n) is 5.01. The Labute approximate surface area is 129 Å². The van der Waals surface area contributed by atoms with Gasteiger partial charge in [-0.3, -0.25) is 4.79 Å². The second-order valence-corrected chi connectivity index (χ2v) is 5.01. The highest BCUT2D eigenvalue weighted by Gasteiger charge is 2.07. The van der Waals surface area contributed by atoms with Gasteiger partial charge in [0.25, 0.3) is 0 Å². The van der Waals surface area contributed by atoms with E-state index in [2.05, 4.69) is 6.07 Å². The largest absolute Gasteiger partial charge is 0.497 e. The predicted octanol–water partition coefficient (Wildman–Crippen LogP) is 4.00. The molecule has 0 amide bonds. The molecule has 0 fully saturated rings. The van der Waals surface area contributed by atoms with E-state index in [1.807, 2.05) is 36.4 Å². The SMILES string of the molecule is COc1ccc(OC(=O)Cc2ccc3ccccc3c2)cc1. The first kappa shape index (κ1) is 14.1. The molecule has 3 heteroatoms. The smallest absolute Gasteiger partial charge is 0.315 e. The van der Waals surface area contributed by atoms with Crippen LogP contribution in [0.1, 0.15) is 5.56 Å². The molecule has 0 saturated carbocycles. The molecular formula is C19H16O3. The van der Waals surface area contributed by atoms with Gasteiger partial charge in [0.05, 0.1) is 13.5 Å². The van der Waals surface area contributed by atoms with E-state index in [0.29, 0.717) is 5.75 Å². The fraction of sp³-hybridized carbons (Fsp3) is 0.105. The van der Waals surface area contributed by atoms with Crippen LogP contribution in [0.25, 0.3) is 10.8 Å². The van der Waals surface area contributed by atoms with Crippen LogP contribution in [0.5, 0.6) is 11.5 Å². The van der Waals surface area contributed by atoms with Gasteiger partial charge >= 0.3 is 5.97 Å². The fourth-order valence-corrected chi connectivity index (χ4v) is 2.33. The predicted molar refractivity (Wildman–Crippen MR) is 86.3 cm³/mol. The molecule has 3 aromatic rings. The minimum Gasteiger partial charge on any atom is -0.497 e. The molecule has 0 aliphatic carbocycles. The molecular weight excluding hydrogens is 276 g/mol. The van der Waals surface area contributed by atoms with E-state index >= 15 is 0 Å². The number of methoxy groups -OCH3 is 1. The Morgan fingerprint density at radius 2 is 1.55 bits per heavy atom. The van der Waals surface area contributed by atoms with Crippen LogP contribution in [-0.4, -0.2) is 13.1 Å². The van der Waals surface area contributed by atoms with Crippen LogP contribution >= 0.6 is 0 Å². The van der Waals surface area contributed by atoms with E-state index in [4.69, 9.17) is 9.47 Å². The maximum Gasteiger partial charge on any atom is 0.315 e. The number of rotatable bonds is 4. The standard InChI is InChI=1S/C19H16O3/c1-21-17-8-10-18(11-9-17)22-19(20)13-14-6-7-15-4-2-3-5-16(15)12-14/h2-12H,13H2,1H3. The van der Waals surface area contributed by atoms with Gasteiger partial charge in [0.2, 0.25) is 0 Å². The van der Waals surface area contributed by atoms with E-state index in [1.165, 1.54) is 0 Å². The number of carbonyl (C=O) groups is 1. The molecule has 0 N–H and O–H groups in total. The van der Waals surface area contributed by atoms with E-state index in [-0.39, 0.29) is 12.4 Å². The number of hydrogen-bond acceptors (Lipinski definition) is 3. The van der Waals surface area contributed by atoms with Crippen molar-refractivity contribution in [3.8, 4) is 11.5 Å². The normalized spacial score (nSPS) is 10.4. The average Bonchev–Trinajstić information content (AvgIpc) is 2.55. The molecule has 22 heavy (non-hydrogen) atoms. The number of ether oxygens (including phenoxy) is 2. The summed E-state index contributed by atoms with van der Waals surface area (Å²) < 4.78 is 10.4. The summed E-state index contributed by atoms with van der Waals surface area (Å²) in [6, 6.07) is 21.0. The van der Waals surface area contributed by atoms with Crippen molar-refractivity contribution in [3.63, 3.8) is 0 Å². The molecule has 3 rings (SSSR count). The highest BCUT2D eigenvalue weighted by atomic mass is 16.5. The Morgan fingerprint density at radius 3 is 2.27 bits per heavy atom. The molecule has 0 aliphatic heterocycles. The summed E-state index contributed by atoms with van der Waals surface area (Å²) in [6.45, 7) is 0. The van der Waals surface area contributed by atoms with Gasteiger partial charge in [-0.1, -0.05) is 42.5 Å². The summed E-state index contributed by atoms with van der Waals surface area (Å²) in [7, 11) is 1.60. The Kier molecular flexibility index (Phi) is 4.05. The topological polar surface area (TPSA) is 35.5 Å². The average molecular weight is 292 g/mol. The number of esters is 1. The quantitative estimate of drug-likeness (QED) is 0.538. The van der Waals surface area contributed by atoms with Crippen molar-refractivity contribution in [3.05, 3.63) is 72.3 Å². The van der Waals surface area contributed by atoms with Crippen LogP contribution in [0.3, 0.4) is 0 Å². The summed E-state index contributed by atoms with van der Waals surface area (Å²) in [5, 5.41) is 2.28. The lowest BCUT2D eigenvalue weighted by Crippen LogP contribution is -2.11. The van der Waals surface area contributed by atoms with Gasteiger partial charge in [0.1, 0.15) is 11.5 Å². The Balaban J connectivity index is 1.69. The molecule has 0 radical (unpaired) electrons. The molecule has 110 valence electrons. The zero-order valence-electron chi connectivity index (χ0n) is 12.3. The van der Waals surface area contributed by atoms with Crippen LogP contribution in [-0.2, 0) is 11.2 Å². The van der Waals surface area contributed by atoms with Crippen molar-refractivity contribution in [1.82, 2.24) is 0 Å². The third-order valence-corrected chi connectivity index (χ3v) is 3.45. The summed E-state index contributed by atoms with van der Waals surface area (Å²) in [4.78, 5) is 12.0. The molecule has 0 aliphatic rings. The van der Waals surface area contributed by atoms with Crippen molar-refractivity contribution in [2.75, 3.05) is 7.11 Å². The van der Waals surface area contributed by atoms with Crippen molar-refractivity contribution in [2.45, 2.75) is 6.42 Å². The van der Waals surface area contributed by atoms with E-state index in [0.717, 1.165) is 22.1 Å². The molecule has 0 saturated heterocycles. The summed E-state index contributed by atoms with van der Waals surface area (Å²) in [5.74, 6) is 0.973. The minimum atomic E-state index is -0.277. The highest BCUT2D eigenvalue weighted by molar-refractivity contribution is 5.84. The summed E-state index contributed by atoms with van der Waals surface area (Å²) in [6.07, 6.45) is 0.247. The van der Waals surface area contributed by atoms with Crippen LogP contribution in [0.4, 0.5) is 0 Å². The Hall–Kier alpha value is -2.81. The molecule has 0 bridgehead atoms. The van der Waals surface area contributed by atoms with Gasteiger partial charge in [0.15, 0.2) is 0 Å². The van der Waals surface area contributed by atoms with Crippen molar-refractivity contribution >= 4 is 16.7 Å². The number of fused-ring (bicyclic) bond motifs is 1. The van der Waals surface area contributed by atoms with E-state index in [9.17, 15) is 4.79 Å². The van der Waals surface area contributed by atoms with Gasteiger partial charge < -0.3 is 9.47 Å². The van der Waals surface area contributed by atoms with Gasteiger partial charge in [-0.05, 0) is 40.6 Å². The van der Waals surface area contributed by atoms with Crippen LogP contribution in [0, 0.1) is 0 Å². The van der Waals surface area contributed by atoms with Crippen LogP contribution in [0.2, 0.25) is 0 Å². The van der Waals surface area contributed by atoms with Crippen LogP contribution < -0.4 is 9.47 Å². The van der Waals surface area contributed by atoms with Crippen molar-refractivity contribution in [2.24, 2.45) is 0 Å². The summed E-state index contributed by atoms with van der Waals surface area (Å²) >= 11 is 0. The molecule has 0 unspecified atom stereocenters. The molecule has 0 heterocycles. The minimum absolute atomic E-state index is 0.247. The maximum absolute atomic E-state index is 12.0. The molecule has 0 spiro atoms. The molecule has 0 atom stereocenters. The van der Waals surface area contributed by atoms with E-state index < -0.39 is 0 Å². The van der Waals surface area contributed by atoms with Crippen LogP contribution in [0.15, 0.2) is 66.7 Å². The van der Waals surface area contributed by atoms with Gasteiger partial charge in [-0.15, -0.1) is 0 Å². The Bertz CT molecular complexity index is 791. The zero-order chi connectivity index (χ0) is 15.4. The lowest BCUT2D eigenvalue weighted by Gasteiger charge is -2.06. The van der Waals surface area contributed by atoms with Gasteiger partial charge in [0, 0.05) is 0 Å². The van der Waals surface area contributed by atoms with Gasteiger partial charge in [-0.2, -0.15) is 0 Å². The fourth-order valence-electron chi connectivity index (χ4n) is 2.33. The molecule has 3 aromatic carbocycles. The first-order chi connectivity index (χ1) is 10.7. The number of benzene rings is 3. The first-order valence-corrected chi connectivity index (χ1v) is 7.07. The maximum atomic E-state index is 12.0. The summed E-state index contributed by atoms with van der Waals surface area (Å²) in [5.41, 5.74) is 0.942. The zero-order valence-corrected chi connectivity index (χ0v) is 12.3. The molecule has 0 aromatic heterocycles. The number of carbonyl (C=O) groups excluding carboxylic acids is 1. The second kappa shape index (κ2) is 6.31. The van der Waals surface area contributed by atoms with Crippen molar-refractivity contribution < 1.29 is 14.3 Å². The van der Waals surface area contributed by atoms with Crippen molar-refractivity contribution in [1.29, 1.82) is 0 Å². The first-order valence-electron chi connectivity index (χ1n) is 7.07. The number of hydrogen-bond donors (Lipinski definition) is 0. The third kappa shape index (κ3) is 3.26. The van der Waals surface area contributed by atoms with E-state index in [1.54, 1.807) is 31.4 Å². The lowest BCUT2D eigenvalue weighted by atomic mass is 10.1. The lowest BCUT2D eigenvalue weighted by molar-refractivity contribution is -0.133. The van der Waals surface area contributed by atoms with Gasteiger partial charge in [-0.25, -0.2) is 0 Å². The Morgan fingerprint density at radius 1 is 0.864 bits per heavy atom. The molecule has 3 nitrogen and oxygen atoms in total. The monoisotopic (exact) mass is 292 g/mol.